The maximum absolute atomic E-state index is 12.4. The van der Waals surface area contributed by atoms with E-state index in [4.69, 9.17) is 4.74 Å². The van der Waals surface area contributed by atoms with Gasteiger partial charge < -0.3 is 20.3 Å². The maximum atomic E-state index is 12.4. The van der Waals surface area contributed by atoms with Crippen molar-refractivity contribution in [1.29, 1.82) is 0 Å². The molecule has 2 unspecified atom stereocenters. The van der Waals surface area contributed by atoms with Gasteiger partial charge in [0.25, 0.3) is 0 Å². The van der Waals surface area contributed by atoms with Crippen molar-refractivity contribution >= 4 is 11.9 Å². The summed E-state index contributed by atoms with van der Waals surface area (Å²) in [6.45, 7) is 4.89. The Hall–Kier alpha value is -1.40. The van der Waals surface area contributed by atoms with Crippen LogP contribution in [0.25, 0.3) is 0 Å². The van der Waals surface area contributed by atoms with E-state index in [0.717, 1.165) is 38.5 Å². The molecule has 1 amide bonds. The topological polar surface area (TPSA) is 95.9 Å². The predicted molar refractivity (Wildman–Crippen MR) is 297 cm³/mol. The number of ether oxygens (including phenoxy) is 1. The van der Waals surface area contributed by atoms with E-state index < -0.39 is 12.1 Å². The van der Waals surface area contributed by atoms with Gasteiger partial charge in [0, 0.05) is 12.8 Å². The van der Waals surface area contributed by atoms with Crippen LogP contribution in [0.5, 0.6) is 0 Å². The van der Waals surface area contributed by atoms with E-state index in [1.54, 1.807) is 6.08 Å². The highest BCUT2D eigenvalue weighted by Crippen LogP contribution is 2.18. The molecular formula is C62H121NO5. The third kappa shape index (κ3) is 53.9. The molecule has 0 aliphatic rings. The van der Waals surface area contributed by atoms with Gasteiger partial charge in [0.15, 0.2) is 0 Å². The summed E-state index contributed by atoms with van der Waals surface area (Å²) in [6.07, 6.45) is 70.0. The highest BCUT2D eigenvalue weighted by molar-refractivity contribution is 5.76. The Morgan fingerprint density at radius 2 is 0.676 bits per heavy atom. The largest absolute Gasteiger partial charge is 0.466 e. The van der Waals surface area contributed by atoms with Crippen molar-refractivity contribution in [2.45, 2.75) is 360 Å². The number of esters is 1. The Kier molecular flexibility index (Phi) is 57.0. The minimum atomic E-state index is -0.838. The van der Waals surface area contributed by atoms with Gasteiger partial charge in [-0.25, -0.2) is 0 Å². The quantitative estimate of drug-likeness (QED) is 0.0321. The van der Waals surface area contributed by atoms with Crippen molar-refractivity contribution in [1.82, 2.24) is 5.32 Å². The summed E-state index contributed by atoms with van der Waals surface area (Å²) in [5, 5.41) is 22.9. The zero-order valence-electron chi connectivity index (χ0n) is 46.1. The van der Waals surface area contributed by atoms with Crippen LogP contribution in [0.4, 0.5) is 0 Å². The van der Waals surface area contributed by atoms with Gasteiger partial charge in [-0.3, -0.25) is 9.59 Å². The van der Waals surface area contributed by atoms with Gasteiger partial charge in [-0.05, 0) is 32.1 Å². The first kappa shape index (κ1) is 66.6. The fourth-order valence-corrected chi connectivity index (χ4v) is 9.81. The average Bonchev–Trinajstić information content (AvgIpc) is 3.34. The lowest BCUT2D eigenvalue weighted by Crippen LogP contribution is -2.45. The van der Waals surface area contributed by atoms with Gasteiger partial charge in [0.05, 0.1) is 25.4 Å². The van der Waals surface area contributed by atoms with E-state index in [1.165, 1.54) is 283 Å². The second kappa shape index (κ2) is 58.2. The van der Waals surface area contributed by atoms with Gasteiger partial charge in [-0.1, -0.05) is 315 Å². The van der Waals surface area contributed by atoms with E-state index in [0.29, 0.717) is 19.4 Å². The van der Waals surface area contributed by atoms with E-state index in [9.17, 15) is 19.8 Å². The zero-order valence-corrected chi connectivity index (χ0v) is 46.1. The molecule has 68 heavy (non-hydrogen) atoms. The van der Waals surface area contributed by atoms with Crippen LogP contribution in [-0.4, -0.2) is 47.4 Å². The van der Waals surface area contributed by atoms with E-state index >= 15 is 0 Å². The number of hydrogen-bond acceptors (Lipinski definition) is 5. The zero-order chi connectivity index (χ0) is 49.3. The van der Waals surface area contributed by atoms with Crippen LogP contribution in [0.3, 0.4) is 0 Å². The summed E-state index contributed by atoms with van der Waals surface area (Å²) < 4.78 is 5.47. The highest BCUT2D eigenvalue weighted by atomic mass is 16.5. The van der Waals surface area contributed by atoms with Crippen molar-refractivity contribution < 1.29 is 24.5 Å². The van der Waals surface area contributed by atoms with Crippen molar-refractivity contribution in [2.75, 3.05) is 13.2 Å². The van der Waals surface area contributed by atoms with Gasteiger partial charge in [-0.2, -0.15) is 0 Å². The van der Waals surface area contributed by atoms with Crippen LogP contribution in [0.1, 0.15) is 348 Å². The van der Waals surface area contributed by atoms with Gasteiger partial charge in [-0.15, -0.1) is 0 Å². The molecule has 404 valence electrons. The van der Waals surface area contributed by atoms with Crippen LogP contribution in [0.15, 0.2) is 12.2 Å². The van der Waals surface area contributed by atoms with Crippen LogP contribution in [-0.2, 0) is 14.3 Å². The lowest BCUT2D eigenvalue weighted by molar-refractivity contribution is -0.143. The molecule has 0 aromatic carbocycles. The van der Waals surface area contributed by atoms with E-state index in [2.05, 4.69) is 19.2 Å². The van der Waals surface area contributed by atoms with Crippen molar-refractivity contribution in [2.24, 2.45) is 0 Å². The molecule has 0 saturated carbocycles. The minimum absolute atomic E-state index is 0.0203. The summed E-state index contributed by atoms with van der Waals surface area (Å²) in [5.74, 6) is -0.0448. The number of aliphatic hydroxyl groups excluding tert-OH is 2. The van der Waals surface area contributed by atoms with Crippen molar-refractivity contribution in [3.8, 4) is 0 Å². The monoisotopic (exact) mass is 960 g/mol. The molecule has 2 atom stereocenters. The number of amides is 1. The fraction of sp³-hybridized carbons (Fsp3) is 0.935. The van der Waals surface area contributed by atoms with Crippen molar-refractivity contribution in [3.05, 3.63) is 12.2 Å². The molecule has 0 aliphatic carbocycles. The summed E-state index contributed by atoms with van der Waals surface area (Å²) >= 11 is 0. The van der Waals surface area contributed by atoms with Crippen molar-refractivity contribution in [3.63, 3.8) is 0 Å². The number of nitrogens with one attached hydrogen (secondary N) is 1. The molecule has 0 aromatic heterocycles. The molecule has 3 N–H and O–H groups in total. The number of rotatable bonds is 58. The number of carbonyl (C=O) groups is 2. The lowest BCUT2D eigenvalue weighted by atomic mass is 10.0. The van der Waals surface area contributed by atoms with E-state index in [-0.39, 0.29) is 18.5 Å². The minimum Gasteiger partial charge on any atom is -0.466 e. The normalized spacial score (nSPS) is 12.6. The maximum Gasteiger partial charge on any atom is 0.305 e. The molecule has 6 heteroatoms. The van der Waals surface area contributed by atoms with Gasteiger partial charge in [0.1, 0.15) is 0 Å². The number of unbranched alkanes of at least 4 members (excludes halogenated alkanes) is 47. The first-order chi connectivity index (χ1) is 33.5. The Morgan fingerprint density at radius 1 is 0.397 bits per heavy atom. The summed E-state index contributed by atoms with van der Waals surface area (Å²) in [4.78, 5) is 24.4. The molecule has 0 aliphatic heterocycles. The predicted octanol–water partition coefficient (Wildman–Crippen LogP) is 19.2. The van der Waals surface area contributed by atoms with Crippen LogP contribution in [0, 0.1) is 0 Å². The summed E-state index contributed by atoms with van der Waals surface area (Å²) in [6, 6.07) is -0.621. The standard InChI is InChI=1S/C62H121NO5/c1-3-5-7-9-11-13-35-40-44-48-52-56-62(67)68-57-53-49-45-41-37-34-32-30-28-26-24-22-20-18-16-14-15-17-19-21-23-25-27-29-31-33-36-39-43-47-51-55-61(66)63-59(58-64)60(65)54-50-46-42-38-12-10-8-6-4-2/h50,54,59-60,64-65H,3-49,51-53,55-58H2,1-2H3,(H,63,66)/b54-50+. The molecule has 6 nitrogen and oxygen atoms in total. The first-order valence-corrected chi connectivity index (χ1v) is 31.0. The third-order valence-electron chi connectivity index (χ3n) is 14.6. The Labute approximate surface area is 425 Å². The molecular weight excluding hydrogens is 839 g/mol. The lowest BCUT2D eigenvalue weighted by Gasteiger charge is -2.20. The van der Waals surface area contributed by atoms with Crippen LogP contribution < -0.4 is 5.32 Å². The molecule has 0 radical (unpaired) electrons. The number of carbonyl (C=O) groups excluding carboxylic acids is 2. The van der Waals surface area contributed by atoms with Crippen LogP contribution >= 0.6 is 0 Å². The average molecular weight is 961 g/mol. The summed E-state index contributed by atoms with van der Waals surface area (Å²) in [7, 11) is 0. The first-order valence-electron chi connectivity index (χ1n) is 31.0. The number of hydrogen-bond donors (Lipinski definition) is 3. The van der Waals surface area contributed by atoms with Crippen LogP contribution in [0.2, 0.25) is 0 Å². The highest BCUT2D eigenvalue weighted by Gasteiger charge is 2.18. The second-order valence-corrected chi connectivity index (χ2v) is 21.4. The smallest absolute Gasteiger partial charge is 0.305 e. The molecule has 0 aromatic rings. The number of aliphatic hydroxyl groups is 2. The fourth-order valence-electron chi connectivity index (χ4n) is 9.81. The molecule has 0 rings (SSSR count). The Bertz CT molecular complexity index is 1020. The molecule has 0 fully saturated rings. The molecule has 0 bridgehead atoms. The third-order valence-corrected chi connectivity index (χ3v) is 14.6. The second-order valence-electron chi connectivity index (χ2n) is 21.4. The number of allylic oxidation sites excluding steroid dienone is 1. The summed E-state index contributed by atoms with van der Waals surface area (Å²) in [5.41, 5.74) is 0. The Morgan fingerprint density at radius 3 is 1.00 bits per heavy atom. The molecule has 0 heterocycles. The molecule has 0 saturated heterocycles. The molecule has 0 spiro atoms. The SMILES string of the molecule is CCCCCCCCC/C=C/C(O)C(CO)NC(=O)CCCCCCCCCCCCCCCCCCCCCCCCCCCCCCCCCOC(=O)CCCCCCCCCCCCC. The van der Waals surface area contributed by atoms with Gasteiger partial charge >= 0.3 is 5.97 Å². The van der Waals surface area contributed by atoms with Gasteiger partial charge in [0.2, 0.25) is 5.91 Å². The van der Waals surface area contributed by atoms with E-state index in [1.807, 2.05) is 6.08 Å². The Balaban J connectivity index is 3.30.